The second kappa shape index (κ2) is 21.7. The fourth-order valence-electron chi connectivity index (χ4n) is 8.32. The maximum absolute atomic E-state index is 12.0. The van der Waals surface area contributed by atoms with E-state index in [1.807, 2.05) is 12.9 Å². The molecule has 9 nitrogen and oxygen atoms in total. The highest BCUT2D eigenvalue weighted by molar-refractivity contribution is 7.98. The van der Waals surface area contributed by atoms with Crippen LogP contribution in [0.3, 0.4) is 0 Å². The van der Waals surface area contributed by atoms with E-state index in [0.717, 1.165) is 114 Å². The van der Waals surface area contributed by atoms with E-state index in [9.17, 15) is 21.0 Å². The fraction of sp³-hybridized carbons (Fsp3) is 0.927. The van der Waals surface area contributed by atoms with Crippen LogP contribution in [0.25, 0.3) is 0 Å². The molecule has 5 fully saturated rings. The lowest BCUT2D eigenvalue weighted by Crippen LogP contribution is -2.49. The van der Waals surface area contributed by atoms with Crippen LogP contribution in [0.5, 0.6) is 0 Å². The van der Waals surface area contributed by atoms with Gasteiger partial charge in [0.1, 0.15) is 0 Å². The number of rotatable bonds is 13. The number of sulfonamides is 1. The average molecular weight is 841 g/mol. The van der Waals surface area contributed by atoms with Gasteiger partial charge >= 0.3 is 0 Å². The van der Waals surface area contributed by atoms with Crippen molar-refractivity contribution in [2.24, 2.45) is 47.3 Å². The van der Waals surface area contributed by atoms with Crippen LogP contribution in [0, 0.1) is 47.3 Å². The van der Waals surface area contributed by atoms with Crippen molar-refractivity contribution in [1.82, 2.24) is 17.2 Å². The van der Waals surface area contributed by atoms with Gasteiger partial charge in [-0.2, -0.15) is 0 Å². The van der Waals surface area contributed by atoms with E-state index in [0.29, 0.717) is 11.8 Å². The van der Waals surface area contributed by atoms with Gasteiger partial charge in [0.05, 0.1) is 5.25 Å². The lowest BCUT2D eigenvalue weighted by atomic mass is 9.89. The van der Waals surface area contributed by atoms with Gasteiger partial charge in [0.2, 0.25) is 10.0 Å². The average Bonchev–Trinajstić information content (AvgIpc) is 3.57. The molecule has 0 aromatic carbocycles. The van der Waals surface area contributed by atoms with Gasteiger partial charge in [-0.25, -0.2) is 25.6 Å². The highest BCUT2D eigenvalue weighted by atomic mass is 32.2. The molecule has 54 heavy (non-hydrogen) atoms. The smallest absolute Gasteiger partial charge is 0.216 e. The molecule has 1 aliphatic carbocycles. The SMILES string of the molecule is C=S(C)(=O)N1CC(CC(C)C)C1.C=S(C)(=O)N1CCC(CC(C)C)C1.C=S(C)(=O)N1CCC(CC(C)C)CC1.CC(C)CC1CCN(S(=O)(=O)C2CC2)C1. The van der Waals surface area contributed by atoms with Crippen molar-refractivity contribution < 1.29 is 21.0 Å². The molecule has 4 heterocycles. The number of piperidine rings is 1. The molecule has 5 atom stereocenters. The first-order valence-electron chi connectivity index (χ1n) is 20.9. The summed E-state index contributed by atoms with van der Waals surface area (Å²) in [4.78, 5) is 0. The van der Waals surface area contributed by atoms with Crippen LogP contribution in [-0.4, -0.2) is 132 Å². The molecule has 5 aliphatic rings. The lowest BCUT2D eigenvalue weighted by Gasteiger charge is -2.40. The Morgan fingerprint density at radius 2 is 0.722 bits per heavy atom. The number of hydrogen-bond donors (Lipinski definition) is 0. The zero-order valence-electron chi connectivity index (χ0n) is 36.5. The summed E-state index contributed by atoms with van der Waals surface area (Å²) in [5.74, 6) is 17.0. The molecular weight excluding hydrogens is 757 g/mol. The van der Waals surface area contributed by atoms with Crippen molar-refractivity contribution in [2.45, 2.75) is 125 Å². The molecule has 13 heteroatoms. The van der Waals surface area contributed by atoms with Crippen molar-refractivity contribution >= 4 is 56.8 Å². The molecule has 4 aliphatic heterocycles. The van der Waals surface area contributed by atoms with E-state index in [-0.39, 0.29) is 5.25 Å². The highest BCUT2D eigenvalue weighted by Gasteiger charge is 2.42. The summed E-state index contributed by atoms with van der Waals surface area (Å²) in [7, 11) is -8.68. The first-order valence-corrected chi connectivity index (χ1v) is 28.7. The lowest BCUT2D eigenvalue weighted by molar-refractivity contribution is 0.182. The topological polar surface area (TPSA) is 98.3 Å². The van der Waals surface area contributed by atoms with Crippen molar-refractivity contribution in [3.63, 3.8) is 0 Å². The Labute approximate surface area is 336 Å². The number of nitrogens with zero attached hydrogens (tertiary/aromatic N) is 4. The molecule has 0 aromatic rings. The van der Waals surface area contributed by atoms with Gasteiger partial charge in [-0.15, -0.1) is 0 Å². The van der Waals surface area contributed by atoms with Crippen LogP contribution in [-0.2, 0) is 39.1 Å². The minimum atomic E-state index is -2.90. The minimum absolute atomic E-state index is 0.0321. The molecule has 5 rings (SSSR count). The van der Waals surface area contributed by atoms with Gasteiger partial charge in [0.25, 0.3) is 0 Å². The van der Waals surface area contributed by atoms with Gasteiger partial charge in [-0.3, -0.25) is 12.6 Å². The van der Waals surface area contributed by atoms with Gasteiger partial charge in [0.15, 0.2) is 0 Å². The molecule has 0 spiro atoms. The maximum Gasteiger partial charge on any atom is 0.216 e. The van der Waals surface area contributed by atoms with E-state index in [1.54, 1.807) is 23.1 Å². The summed E-state index contributed by atoms with van der Waals surface area (Å²) in [6.07, 6.45) is 16.6. The Morgan fingerprint density at radius 1 is 0.426 bits per heavy atom. The largest absolute Gasteiger partial charge is 0.253 e. The van der Waals surface area contributed by atoms with Crippen molar-refractivity contribution in [2.75, 3.05) is 71.1 Å². The normalized spacial score (nSPS) is 27.2. The first-order chi connectivity index (χ1) is 24.7. The quantitative estimate of drug-likeness (QED) is 0.193. The molecular formula is C41H84N4O5S4. The summed E-state index contributed by atoms with van der Waals surface area (Å²) < 4.78 is 66.4. The Bertz CT molecular complexity index is 1540. The van der Waals surface area contributed by atoms with E-state index >= 15 is 0 Å². The standard InChI is InChI=1S/C11H21NO2S.C11H23NOS.C10H21NOS.C9H19NOS/c1-9(2)7-10-5-6-12(8-10)15(13,14)11-3-4-11;1-10(2)9-11-5-7-12(8-6-11)14(3,4)13;1-9(2)7-10-5-6-11(8-10)13(3,4)12;1-8(2)5-9-6-10(7-9)12(3,4)11/h9-11H,3-8H2,1-2H3;10-11H,3,5-9H2,1-2,4H3;9-10H,3,5-8H2,1-2,4H3;8-9H,3,5-7H2,1-2,4H3. The van der Waals surface area contributed by atoms with Crippen LogP contribution in [0.2, 0.25) is 0 Å². The van der Waals surface area contributed by atoms with Crippen LogP contribution >= 0.6 is 0 Å². The molecule has 0 radical (unpaired) electrons. The maximum atomic E-state index is 12.0. The summed E-state index contributed by atoms with van der Waals surface area (Å²) in [6.45, 7) is 25.3. The molecule has 0 aromatic heterocycles. The molecule has 322 valence electrons. The molecule has 4 saturated heterocycles. The molecule has 1 saturated carbocycles. The molecule has 0 N–H and O–H groups in total. The Kier molecular flexibility index (Phi) is 20.1. The van der Waals surface area contributed by atoms with E-state index < -0.39 is 39.1 Å². The predicted molar refractivity (Wildman–Crippen MR) is 242 cm³/mol. The van der Waals surface area contributed by atoms with Crippen molar-refractivity contribution in [1.29, 1.82) is 0 Å². The summed E-state index contributed by atoms with van der Waals surface area (Å²) in [5, 5.41) is -0.0321. The zero-order chi connectivity index (χ0) is 41.2. The third-order valence-corrected chi connectivity index (χ3v) is 17.8. The fourth-order valence-corrected chi connectivity index (χ4v) is 13.3. The highest BCUT2D eigenvalue weighted by Crippen LogP contribution is 2.35. The van der Waals surface area contributed by atoms with Crippen molar-refractivity contribution in [3.05, 3.63) is 0 Å². The van der Waals surface area contributed by atoms with Gasteiger partial charge in [-0.05, 0) is 129 Å². The third kappa shape index (κ3) is 18.6. The Balaban J connectivity index is 0.000000250. The van der Waals surface area contributed by atoms with Crippen LogP contribution < -0.4 is 0 Å². The summed E-state index contributed by atoms with van der Waals surface area (Å²) >= 11 is 0. The number of hydrogen-bond acceptors (Lipinski definition) is 5. The Hall–Kier alpha value is -0.150. The van der Waals surface area contributed by atoms with E-state index in [2.05, 4.69) is 73.0 Å². The Morgan fingerprint density at radius 3 is 1.07 bits per heavy atom. The second-order valence-electron chi connectivity index (χ2n) is 19.3. The van der Waals surface area contributed by atoms with Crippen LogP contribution in [0.1, 0.15) is 120 Å². The molecule has 0 amide bonds. The predicted octanol–water partition coefficient (Wildman–Crippen LogP) is 6.69. The first kappa shape index (κ1) is 50.0. The second-order valence-corrected chi connectivity index (χ2v) is 28.8. The van der Waals surface area contributed by atoms with E-state index in [1.165, 1.54) is 38.5 Å². The van der Waals surface area contributed by atoms with Gasteiger partial charge in [-0.1, -0.05) is 55.4 Å². The molecule has 0 bridgehead atoms. The summed E-state index contributed by atoms with van der Waals surface area (Å²) in [6, 6.07) is 0. The summed E-state index contributed by atoms with van der Waals surface area (Å²) in [5.41, 5.74) is 0. The zero-order valence-corrected chi connectivity index (χ0v) is 39.8. The van der Waals surface area contributed by atoms with E-state index in [4.69, 9.17) is 0 Å². The van der Waals surface area contributed by atoms with Crippen LogP contribution in [0.4, 0.5) is 0 Å². The third-order valence-electron chi connectivity index (χ3n) is 11.2. The van der Waals surface area contributed by atoms with Crippen LogP contribution in [0.15, 0.2) is 0 Å². The minimum Gasteiger partial charge on any atom is -0.253 e. The van der Waals surface area contributed by atoms with Crippen molar-refractivity contribution in [3.8, 4) is 0 Å². The van der Waals surface area contributed by atoms with Gasteiger partial charge < -0.3 is 0 Å². The van der Waals surface area contributed by atoms with Gasteiger partial charge in [0, 0.05) is 100 Å². The monoisotopic (exact) mass is 841 g/mol. The molecule has 5 unspecified atom stereocenters.